The van der Waals surface area contributed by atoms with Crippen molar-refractivity contribution in [1.29, 1.82) is 0 Å². The number of pyridine rings is 1. The minimum atomic E-state index is -1.05. The minimum Gasteiger partial charge on any atom is -0.496 e. The maximum Gasteiger partial charge on any atom is 0.322 e. The van der Waals surface area contributed by atoms with Gasteiger partial charge >= 0.3 is 5.97 Å². The molecule has 0 amide bonds. The summed E-state index contributed by atoms with van der Waals surface area (Å²) in [5, 5.41) is 14.9. The van der Waals surface area contributed by atoms with Gasteiger partial charge in [0.15, 0.2) is 5.96 Å². The molecule has 3 aromatic rings. The minimum absolute atomic E-state index is 0.154. The average Bonchev–Trinajstić information content (AvgIpc) is 2.81. The topological polar surface area (TPSA) is 105 Å². The average molecular weight is 438 g/mol. The molecule has 0 saturated heterocycles. The highest BCUT2D eigenvalue weighted by atomic mass is 19.1. The lowest BCUT2D eigenvalue weighted by Crippen LogP contribution is -2.35. The number of nitrogens with one attached hydrogen (secondary N) is 2. The Morgan fingerprint density at radius 3 is 2.38 bits per heavy atom. The lowest BCUT2D eigenvalue weighted by molar-refractivity contribution is -0.135. The molecule has 0 unspecified atom stereocenters. The van der Waals surface area contributed by atoms with E-state index in [-0.39, 0.29) is 24.9 Å². The zero-order valence-corrected chi connectivity index (χ0v) is 17.6. The summed E-state index contributed by atoms with van der Waals surface area (Å²) in [5.74, 6) is 0.425. The molecular formula is C23H23FN4O4. The number of aromatic nitrogens is 1. The second kappa shape index (κ2) is 10.8. The van der Waals surface area contributed by atoms with E-state index in [1.54, 1.807) is 56.8 Å². The number of anilines is 1. The number of ether oxygens (including phenoxy) is 2. The summed E-state index contributed by atoms with van der Waals surface area (Å²) in [6.07, 6.45) is 1.59. The van der Waals surface area contributed by atoms with Gasteiger partial charge in [-0.05, 0) is 42.0 Å². The van der Waals surface area contributed by atoms with Crippen molar-refractivity contribution in [2.45, 2.75) is 6.54 Å². The normalized spacial score (nSPS) is 11.0. The second-order valence-electron chi connectivity index (χ2n) is 6.58. The number of hydrogen-bond donors (Lipinski definition) is 3. The Labute approximate surface area is 184 Å². The van der Waals surface area contributed by atoms with Gasteiger partial charge in [0.1, 0.15) is 29.7 Å². The molecule has 0 spiro atoms. The molecule has 0 bridgehead atoms. The molecule has 0 fully saturated rings. The SMILES string of the molecule is COc1cccc(OC)c1CN=C(NCC(=O)O)Nc1ncccc1-c1ccc(F)cc1. The molecule has 0 aliphatic rings. The van der Waals surface area contributed by atoms with Crippen molar-refractivity contribution in [3.05, 3.63) is 72.2 Å². The number of aliphatic carboxylic acids is 1. The van der Waals surface area contributed by atoms with Crippen LogP contribution in [0.4, 0.5) is 10.2 Å². The van der Waals surface area contributed by atoms with Gasteiger partial charge < -0.3 is 25.2 Å². The van der Waals surface area contributed by atoms with Gasteiger partial charge in [-0.1, -0.05) is 18.2 Å². The van der Waals surface area contributed by atoms with E-state index in [4.69, 9.17) is 14.6 Å². The number of hydrogen-bond acceptors (Lipinski definition) is 5. The first-order valence-corrected chi connectivity index (χ1v) is 9.69. The zero-order chi connectivity index (χ0) is 22.9. The van der Waals surface area contributed by atoms with Crippen LogP contribution in [-0.2, 0) is 11.3 Å². The number of benzene rings is 2. The summed E-state index contributed by atoms with van der Waals surface area (Å²) >= 11 is 0. The molecule has 2 aromatic carbocycles. The maximum atomic E-state index is 13.3. The zero-order valence-electron chi connectivity index (χ0n) is 17.6. The summed E-state index contributed by atoms with van der Waals surface area (Å²) in [6.45, 7) is -0.200. The molecular weight excluding hydrogens is 415 g/mol. The highest BCUT2D eigenvalue weighted by Crippen LogP contribution is 2.29. The first-order valence-electron chi connectivity index (χ1n) is 9.69. The molecule has 0 saturated carbocycles. The molecule has 0 radical (unpaired) electrons. The first-order chi connectivity index (χ1) is 15.5. The monoisotopic (exact) mass is 438 g/mol. The third-order valence-electron chi connectivity index (χ3n) is 4.53. The number of nitrogens with zero attached hydrogens (tertiary/aromatic N) is 2. The van der Waals surface area contributed by atoms with Crippen LogP contribution >= 0.6 is 0 Å². The fourth-order valence-electron chi connectivity index (χ4n) is 3.02. The third kappa shape index (κ3) is 5.72. The summed E-state index contributed by atoms with van der Waals surface area (Å²) in [7, 11) is 3.10. The summed E-state index contributed by atoms with van der Waals surface area (Å²) in [6, 6.07) is 14.9. The van der Waals surface area contributed by atoms with Crippen LogP contribution in [-0.4, -0.2) is 42.8 Å². The van der Waals surface area contributed by atoms with Gasteiger partial charge in [0.2, 0.25) is 0 Å². The molecule has 1 heterocycles. The number of halogens is 1. The summed E-state index contributed by atoms with van der Waals surface area (Å²) in [4.78, 5) is 20.0. The number of guanidine groups is 1. The first kappa shape index (κ1) is 22.5. The molecule has 0 aliphatic heterocycles. The largest absolute Gasteiger partial charge is 0.496 e. The van der Waals surface area contributed by atoms with Gasteiger partial charge in [-0.15, -0.1) is 0 Å². The van der Waals surface area contributed by atoms with E-state index in [2.05, 4.69) is 20.6 Å². The lowest BCUT2D eigenvalue weighted by atomic mass is 10.1. The molecule has 0 aliphatic carbocycles. The molecule has 0 atom stereocenters. The molecule has 3 rings (SSSR count). The van der Waals surface area contributed by atoms with Crippen LogP contribution in [0.2, 0.25) is 0 Å². The molecule has 8 nitrogen and oxygen atoms in total. The third-order valence-corrected chi connectivity index (χ3v) is 4.53. The molecule has 9 heteroatoms. The Kier molecular flexibility index (Phi) is 7.58. The van der Waals surface area contributed by atoms with Crippen molar-refractivity contribution in [1.82, 2.24) is 10.3 Å². The Balaban J connectivity index is 1.93. The van der Waals surface area contributed by atoms with Crippen LogP contribution in [0.1, 0.15) is 5.56 Å². The Morgan fingerprint density at radius 2 is 1.75 bits per heavy atom. The van der Waals surface area contributed by atoms with Crippen LogP contribution in [0, 0.1) is 5.82 Å². The number of carbonyl (C=O) groups is 1. The number of carboxylic acids is 1. The van der Waals surface area contributed by atoms with Crippen molar-refractivity contribution in [2.24, 2.45) is 4.99 Å². The van der Waals surface area contributed by atoms with Crippen molar-refractivity contribution >= 4 is 17.7 Å². The van der Waals surface area contributed by atoms with E-state index >= 15 is 0 Å². The quantitative estimate of drug-likeness (QED) is 0.365. The second-order valence-corrected chi connectivity index (χ2v) is 6.58. The lowest BCUT2D eigenvalue weighted by Gasteiger charge is -2.15. The van der Waals surface area contributed by atoms with Gasteiger partial charge in [0.05, 0.1) is 26.3 Å². The van der Waals surface area contributed by atoms with Gasteiger partial charge in [0, 0.05) is 11.8 Å². The molecule has 3 N–H and O–H groups in total. The van der Waals surface area contributed by atoms with Crippen LogP contribution in [0.25, 0.3) is 11.1 Å². The fourth-order valence-corrected chi connectivity index (χ4v) is 3.02. The Bertz CT molecular complexity index is 1080. The van der Waals surface area contributed by atoms with E-state index < -0.39 is 5.97 Å². The summed E-state index contributed by atoms with van der Waals surface area (Å²) in [5.41, 5.74) is 2.15. The van der Waals surface area contributed by atoms with Gasteiger partial charge in [-0.25, -0.2) is 14.4 Å². The predicted octanol–water partition coefficient (Wildman–Crippen LogP) is 3.55. The van der Waals surface area contributed by atoms with Crippen molar-refractivity contribution < 1.29 is 23.8 Å². The van der Waals surface area contributed by atoms with Gasteiger partial charge in [-0.2, -0.15) is 0 Å². The number of carboxylic acid groups (broad SMARTS) is 1. The highest BCUT2D eigenvalue weighted by Gasteiger charge is 2.13. The van der Waals surface area contributed by atoms with Gasteiger partial charge in [-0.3, -0.25) is 4.79 Å². The van der Waals surface area contributed by atoms with E-state index in [9.17, 15) is 9.18 Å². The van der Waals surface area contributed by atoms with E-state index in [0.29, 0.717) is 28.4 Å². The smallest absolute Gasteiger partial charge is 0.322 e. The van der Waals surface area contributed by atoms with E-state index in [0.717, 1.165) is 5.56 Å². The summed E-state index contributed by atoms with van der Waals surface area (Å²) < 4.78 is 24.1. The van der Waals surface area contributed by atoms with E-state index in [1.807, 2.05) is 6.07 Å². The van der Waals surface area contributed by atoms with Crippen LogP contribution in [0.5, 0.6) is 11.5 Å². The Morgan fingerprint density at radius 1 is 1.06 bits per heavy atom. The van der Waals surface area contributed by atoms with Crippen molar-refractivity contribution in [3.8, 4) is 22.6 Å². The van der Waals surface area contributed by atoms with Crippen LogP contribution in [0.3, 0.4) is 0 Å². The molecule has 166 valence electrons. The fraction of sp³-hybridized carbons (Fsp3) is 0.174. The number of rotatable bonds is 8. The standard InChI is InChI=1S/C23H23FN4O4/c1-31-19-6-3-7-20(32-2)18(19)13-26-23(27-14-21(29)30)28-22-17(5-4-12-25-22)15-8-10-16(24)11-9-15/h3-12H,13-14H2,1-2H3,(H,29,30)(H2,25,26,27,28). The van der Waals surface area contributed by atoms with Crippen molar-refractivity contribution in [3.63, 3.8) is 0 Å². The van der Waals surface area contributed by atoms with Crippen LogP contribution < -0.4 is 20.1 Å². The number of aliphatic imine (C=N–C) groups is 1. The highest BCUT2D eigenvalue weighted by molar-refractivity contribution is 5.97. The maximum absolute atomic E-state index is 13.3. The number of methoxy groups -OCH3 is 2. The molecule has 1 aromatic heterocycles. The van der Waals surface area contributed by atoms with Gasteiger partial charge in [0.25, 0.3) is 0 Å². The van der Waals surface area contributed by atoms with Crippen LogP contribution in [0.15, 0.2) is 65.8 Å². The predicted molar refractivity (Wildman–Crippen MR) is 120 cm³/mol. The van der Waals surface area contributed by atoms with E-state index in [1.165, 1.54) is 12.1 Å². The Hall–Kier alpha value is -4.14. The van der Waals surface area contributed by atoms with Crippen molar-refractivity contribution in [2.75, 3.05) is 26.1 Å². The molecule has 32 heavy (non-hydrogen) atoms.